The summed E-state index contributed by atoms with van der Waals surface area (Å²) in [6.45, 7) is 1.69. The molecular weight excluding hydrogens is 319 g/mol. The molecule has 0 bridgehead atoms. The maximum absolute atomic E-state index is 12.6. The number of halogens is 3. The number of fused-ring (bicyclic) bond motifs is 1. The molecule has 1 aliphatic heterocycles. The number of rotatable bonds is 2. The lowest BCUT2D eigenvalue weighted by atomic mass is 10.0. The third kappa shape index (κ3) is 2.92. The van der Waals surface area contributed by atoms with Crippen LogP contribution >= 0.6 is 0 Å². The van der Waals surface area contributed by atoms with E-state index in [1.165, 1.54) is 12.1 Å². The van der Waals surface area contributed by atoms with Crippen molar-refractivity contribution >= 4 is 28.5 Å². The summed E-state index contributed by atoms with van der Waals surface area (Å²) < 4.78 is 37.8. The number of nitrogens with two attached hydrogens (primary N) is 1. The summed E-state index contributed by atoms with van der Waals surface area (Å²) >= 11 is 0. The lowest BCUT2D eigenvalue weighted by molar-refractivity contribution is -0.137. The van der Waals surface area contributed by atoms with Crippen molar-refractivity contribution in [2.45, 2.75) is 13.1 Å². The Bertz CT molecular complexity index is 839. The Morgan fingerprint density at radius 3 is 2.42 bits per heavy atom. The van der Waals surface area contributed by atoms with Crippen LogP contribution in [0, 0.1) is 0 Å². The fraction of sp³-hybridized carbons (Fsp3) is 0.118. The van der Waals surface area contributed by atoms with E-state index in [-0.39, 0.29) is 5.91 Å². The Morgan fingerprint density at radius 1 is 1.12 bits per heavy atom. The van der Waals surface area contributed by atoms with Gasteiger partial charge in [0.15, 0.2) is 0 Å². The summed E-state index contributed by atoms with van der Waals surface area (Å²) in [7, 11) is 0. The number of nitrogen functional groups attached to an aromatic ring is 1. The highest BCUT2D eigenvalue weighted by atomic mass is 19.4. The van der Waals surface area contributed by atoms with Gasteiger partial charge in [-0.2, -0.15) is 13.2 Å². The largest absolute Gasteiger partial charge is 0.416 e. The zero-order valence-electron chi connectivity index (χ0n) is 12.7. The molecule has 1 heterocycles. The average Bonchev–Trinajstić information content (AvgIpc) is 2.82. The van der Waals surface area contributed by atoms with Gasteiger partial charge in [-0.15, -0.1) is 0 Å². The average molecular weight is 333 g/mol. The molecule has 0 fully saturated rings. The number of hydrogen-bond acceptors (Lipinski definition) is 3. The summed E-state index contributed by atoms with van der Waals surface area (Å²) in [6.07, 6.45) is -4.38. The summed E-state index contributed by atoms with van der Waals surface area (Å²) in [5.41, 5.74) is 8.26. The first kappa shape index (κ1) is 15.9. The van der Waals surface area contributed by atoms with E-state index in [1.54, 1.807) is 25.1 Å². The highest BCUT2D eigenvalue weighted by Gasteiger charge is 2.30. The van der Waals surface area contributed by atoms with Gasteiger partial charge in [0.05, 0.1) is 11.1 Å². The molecule has 0 radical (unpaired) electrons. The Labute approximate surface area is 136 Å². The second-order valence-electron chi connectivity index (χ2n) is 5.46. The molecule has 0 atom stereocenters. The number of carbonyl (C=O) groups is 1. The summed E-state index contributed by atoms with van der Waals surface area (Å²) in [5, 5.41) is 5.69. The monoisotopic (exact) mass is 333 g/mol. The molecule has 1 aliphatic rings. The molecule has 24 heavy (non-hydrogen) atoms. The molecule has 7 heteroatoms. The van der Waals surface area contributed by atoms with Crippen LogP contribution < -0.4 is 16.4 Å². The lowest BCUT2D eigenvalue weighted by Crippen LogP contribution is -2.09. The maximum atomic E-state index is 12.6. The number of hydrogen-bond donors (Lipinski definition) is 3. The predicted molar refractivity (Wildman–Crippen MR) is 87.1 cm³/mol. The van der Waals surface area contributed by atoms with Crippen molar-refractivity contribution in [3.63, 3.8) is 0 Å². The third-order valence-corrected chi connectivity index (χ3v) is 3.71. The van der Waals surface area contributed by atoms with Crippen molar-refractivity contribution < 1.29 is 18.0 Å². The summed E-state index contributed by atoms with van der Waals surface area (Å²) in [4.78, 5) is 12.2. The summed E-state index contributed by atoms with van der Waals surface area (Å²) in [6, 6.07) is 9.68. The first-order valence-electron chi connectivity index (χ1n) is 7.12. The fourth-order valence-corrected chi connectivity index (χ4v) is 2.58. The van der Waals surface area contributed by atoms with E-state index >= 15 is 0 Å². The van der Waals surface area contributed by atoms with Crippen molar-refractivity contribution in [1.82, 2.24) is 0 Å². The van der Waals surface area contributed by atoms with Gasteiger partial charge < -0.3 is 16.4 Å². The van der Waals surface area contributed by atoms with Gasteiger partial charge in [-0.05, 0) is 49.4 Å². The van der Waals surface area contributed by atoms with Gasteiger partial charge in [0.1, 0.15) is 0 Å². The SMILES string of the molecule is C/C(Nc1ccc(C(F)(F)F)cc1)=C1/C(=O)Nc2ccc(N)cc21. The van der Waals surface area contributed by atoms with Crippen molar-refractivity contribution in [1.29, 1.82) is 0 Å². The Morgan fingerprint density at radius 2 is 1.79 bits per heavy atom. The van der Waals surface area contributed by atoms with Crippen molar-refractivity contribution in [2.24, 2.45) is 0 Å². The molecule has 0 spiro atoms. The van der Waals surface area contributed by atoms with Crippen LogP contribution in [-0.2, 0) is 11.0 Å². The second-order valence-corrected chi connectivity index (χ2v) is 5.46. The maximum Gasteiger partial charge on any atom is 0.416 e. The minimum atomic E-state index is -4.38. The van der Waals surface area contributed by atoms with Gasteiger partial charge in [0, 0.05) is 28.3 Å². The number of amides is 1. The molecule has 0 aromatic heterocycles. The molecule has 0 aliphatic carbocycles. The number of nitrogens with one attached hydrogen (secondary N) is 2. The number of anilines is 3. The minimum absolute atomic E-state index is 0.285. The molecular formula is C17H14F3N3O. The van der Waals surface area contributed by atoms with Gasteiger partial charge >= 0.3 is 6.18 Å². The Hall–Kier alpha value is -2.96. The molecule has 124 valence electrons. The minimum Gasteiger partial charge on any atom is -0.399 e. The lowest BCUT2D eigenvalue weighted by Gasteiger charge is -2.11. The molecule has 1 amide bonds. The van der Waals surface area contributed by atoms with Gasteiger partial charge in [-0.25, -0.2) is 0 Å². The highest BCUT2D eigenvalue weighted by molar-refractivity contribution is 6.32. The van der Waals surface area contributed by atoms with Crippen LogP contribution in [0.5, 0.6) is 0 Å². The first-order valence-corrected chi connectivity index (χ1v) is 7.12. The fourth-order valence-electron chi connectivity index (χ4n) is 2.58. The zero-order valence-corrected chi connectivity index (χ0v) is 12.7. The van der Waals surface area contributed by atoms with E-state index in [4.69, 9.17) is 5.73 Å². The molecule has 4 nitrogen and oxygen atoms in total. The Kier molecular flexibility index (Phi) is 3.71. The summed E-state index contributed by atoms with van der Waals surface area (Å²) in [5.74, 6) is -0.285. The van der Waals surface area contributed by atoms with Crippen LogP contribution in [0.4, 0.5) is 30.2 Å². The van der Waals surface area contributed by atoms with Crippen molar-refractivity contribution in [3.05, 3.63) is 59.3 Å². The van der Waals surface area contributed by atoms with E-state index < -0.39 is 11.7 Å². The Balaban J connectivity index is 1.92. The van der Waals surface area contributed by atoms with E-state index in [0.29, 0.717) is 33.9 Å². The quantitative estimate of drug-likeness (QED) is 0.573. The molecule has 2 aromatic carbocycles. The van der Waals surface area contributed by atoms with Gasteiger partial charge in [-0.3, -0.25) is 4.79 Å². The number of benzene rings is 2. The number of carbonyl (C=O) groups excluding carboxylic acids is 1. The highest BCUT2D eigenvalue weighted by Crippen LogP contribution is 2.35. The van der Waals surface area contributed by atoms with E-state index in [2.05, 4.69) is 10.6 Å². The smallest absolute Gasteiger partial charge is 0.399 e. The van der Waals surface area contributed by atoms with Crippen LogP contribution in [0.1, 0.15) is 18.1 Å². The van der Waals surface area contributed by atoms with Crippen molar-refractivity contribution in [2.75, 3.05) is 16.4 Å². The van der Waals surface area contributed by atoms with Crippen molar-refractivity contribution in [3.8, 4) is 0 Å². The molecule has 0 saturated carbocycles. The zero-order chi connectivity index (χ0) is 17.5. The van der Waals surface area contributed by atoms with E-state index in [1.807, 2.05) is 0 Å². The van der Waals surface area contributed by atoms with Crippen LogP contribution in [0.2, 0.25) is 0 Å². The second kappa shape index (κ2) is 5.59. The molecule has 2 aromatic rings. The van der Waals surface area contributed by atoms with Crippen LogP contribution in [0.3, 0.4) is 0 Å². The third-order valence-electron chi connectivity index (χ3n) is 3.71. The molecule has 3 rings (SSSR count). The van der Waals surface area contributed by atoms with Gasteiger partial charge in [0.25, 0.3) is 5.91 Å². The molecule has 4 N–H and O–H groups in total. The number of alkyl halides is 3. The van der Waals surface area contributed by atoms with Gasteiger partial charge in [0.2, 0.25) is 0 Å². The predicted octanol–water partition coefficient (Wildman–Crippen LogP) is 4.08. The van der Waals surface area contributed by atoms with E-state index in [9.17, 15) is 18.0 Å². The topological polar surface area (TPSA) is 67.2 Å². The van der Waals surface area contributed by atoms with Crippen LogP contribution in [0.15, 0.2) is 48.2 Å². The standard InChI is InChI=1S/C17H14F3N3O/c1-9(22-12-5-2-10(3-6-12)17(18,19)20)15-13-8-11(21)4-7-14(13)23-16(15)24/h2-8,22H,21H2,1H3,(H,23,24)/b15-9-. The van der Waals surface area contributed by atoms with Crippen LogP contribution in [-0.4, -0.2) is 5.91 Å². The van der Waals surface area contributed by atoms with Gasteiger partial charge in [-0.1, -0.05) is 0 Å². The normalized spacial score (nSPS) is 15.8. The number of allylic oxidation sites excluding steroid dienone is 1. The molecule has 0 saturated heterocycles. The van der Waals surface area contributed by atoms with E-state index in [0.717, 1.165) is 12.1 Å². The first-order chi connectivity index (χ1) is 11.3. The van der Waals surface area contributed by atoms with Crippen LogP contribution in [0.25, 0.3) is 5.57 Å². The molecule has 0 unspecified atom stereocenters.